The number of hydrogen-bond donors (Lipinski definition) is 2. The van der Waals surface area contributed by atoms with Crippen LogP contribution in [0.25, 0.3) is 0 Å². The lowest BCUT2D eigenvalue weighted by molar-refractivity contribution is 0.00953. The highest BCUT2D eigenvalue weighted by atomic mass is 31.2. The fourth-order valence-corrected chi connectivity index (χ4v) is 3.96. The molecule has 0 bridgehead atoms. The molecular formula is C19H34N3O6P. The zero-order valence-electron chi connectivity index (χ0n) is 17.8. The molecule has 0 rings (SSSR count). The van der Waals surface area contributed by atoms with E-state index in [0.29, 0.717) is 19.6 Å². The molecule has 0 saturated carbocycles. The van der Waals surface area contributed by atoms with E-state index < -0.39 is 20.7 Å². The lowest BCUT2D eigenvalue weighted by Gasteiger charge is -2.37. The first-order chi connectivity index (χ1) is 13.9. The summed E-state index contributed by atoms with van der Waals surface area (Å²) in [6.07, 6.45) is 4.71. The quantitative estimate of drug-likeness (QED) is 0.218. The summed E-state index contributed by atoms with van der Waals surface area (Å²) in [5, 5.41) is 21.0. The van der Waals surface area contributed by atoms with E-state index >= 15 is 0 Å². The van der Waals surface area contributed by atoms with Crippen LogP contribution in [-0.4, -0.2) is 73.6 Å². The van der Waals surface area contributed by atoms with E-state index in [-0.39, 0.29) is 44.9 Å². The van der Waals surface area contributed by atoms with Crippen LogP contribution in [0.15, 0.2) is 0 Å². The minimum Gasteiger partial charge on any atom is -0.436 e. The number of hydrogen-bond acceptors (Lipinski definition) is 8. The van der Waals surface area contributed by atoms with Gasteiger partial charge in [0.15, 0.2) is 6.61 Å². The van der Waals surface area contributed by atoms with Gasteiger partial charge in [0.2, 0.25) is 0 Å². The van der Waals surface area contributed by atoms with Gasteiger partial charge in [-0.25, -0.2) is 9.46 Å². The van der Waals surface area contributed by atoms with E-state index in [2.05, 4.69) is 20.6 Å². The van der Waals surface area contributed by atoms with E-state index in [1.807, 2.05) is 33.8 Å². The molecule has 1 amide bonds. The summed E-state index contributed by atoms with van der Waals surface area (Å²) < 4.78 is 24.1. The molecule has 0 aliphatic carbocycles. The number of alkyl carbamates (subject to hydrolysis) is 1. The summed E-state index contributed by atoms with van der Waals surface area (Å²) in [6, 6.07) is 2.39. The third kappa shape index (κ3) is 13.4. The van der Waals surface area contributed by atoms with Gasteiger partial charge in [-0.1, -0.05) is 5.92 Å². The van der Waals surface area contributed by atoms with Crippen LogP contribution < -0.4 is 5.32 Å². The molecule has 0 heterocycles. The van der Waals surface area contributed by atoms with Gasteiger partial charge in [-0.3, -0.25) is 0 Å². The molecule has 0 saturated heterocycles. The zero-order valence-corrected chi connectivity index (χ0v) is 18.7. The molecule has 29 heavy (non-hydrogen) atoms. The van der Waals surface area contributed by atoms with Crippen LogP contribution in [0.2, 0.25) is 0 Å². The topological polar surface area (TPSA) is 113 Å². The average Bonchev–Trinajstić information content (AvgIpc) is 2.67. The van der Waals surface area contributed by atoms with Crippen LogP contribution in [0.1, 0.15) is 40.5 Å². The maximum atomic E-state index is 11.2. The fraction of sp³-hybridized carbons (Fsp3) is 0.789. The highest BCUT2D eigenvalue weighted by Crippen LogP contribution is 2.47. The summed E-state index contributed by atoms with van der Waals surface area (Å²) in [5.74, 6) is 2.21. The van der Waals surface area contributed by atoms with E-state index in [1.165, 1.54) is 0 Å². The van der Waals surface area contributed by atoms with Gasteiger partial charge in [-0.2, -0.15) is 5.26 Å². The average molecular weight is 431 g/mol. The highest BCUT2D eigenvalue weighted by Gasteiger charge is 2.29. The molecule has 0 aromatic rings. The molecule has 2 N–H and O–H groups in total. The molecule has 0 aliphatic rings. The molecule has 9 nitrogen and oxygen atoms in total. The predicted molar refractivity (Wildman–Crippen MR) is 111 cm³/mol. The number of nitriles is 1. The maximum Gasteiger partial charge on any atom is 0.408 e. The highest BCUT2D eigenvalue weighted by molar-refractivity contribution is 7.44. The van der Waals surface area contributed by atoms with Crippen molar-refractivity contribution in [2.75, 3.05) is 39.6 Å². The number of carbonyl (C=O) groups is 1. The Morgan fingerprint density at radius 2 is 1.97 bits per heavy atom. The second kappa shape index (κ2) is 17.4. The first-order valence-electron chi connectivity index (χ1n) is 9.65. The Balaban J connectivity index is 4.44. The largest absolute Gasteiger partial charge is 0.436 e. The molecule has 2 atom stereocenters. The summed E-state index contributed by atoms with van der Waals surface area (Å²) >= 11 is 0. The van der Waals surface area contributed by atoms with E-state index in [9.17, 15) is 9.90 Å². The van der Waals surface area contributed by atoms with E-state index in [0.717, 1.165) is 0 Å². The monoisotopic (exact) mass is 431 g/mol. The Morgan fingerprint density at radius 1 is 1.28 bits per heavy atom. The normalized spacial score (nSPS) is 13.2. The fourth-order valence-electron chi connectivity index (χ4n) is 2.28. The number of aliphatic hydroxyl groups is 1. The van der Waals surface area contributed by atoms with Crippen LogP contribution in [0, 0.1) is 23.7 Å². The lowest BCUT2D eigenvalue weighted by atomic mass is 10.3. The molecule has 0 aliphatic heterocycles. The minimum atomic E-state index is -1.45. The van der Waals surface area contributed by atoms with Gasteiger partial charge in [-0.15, -0.1) is 6.42 Å². The number of nitrogens with zero attached hydrogens (tertiary/aromatic N) is 2. The Kier molecular flexibility index (Phi) is 16.5. The smallest absolute Gasteiger partial charge is 0.408 e. The van der Waals surface area contributed by atoms with Gasteiger partial charge in [0, 0.05) is 25.2 Å². The minimum absolute atomic E-state index is 0.0684. The van der Waals surface area contributed by atoms with Gasteiger partial charge < -0.3 is 28.9 Å². The molecule has 0 aromatic heterocycles. The van der Waals surface area contributed by atoms with Crippen LogP contribution in [0.5, 0.6) is 0 Å². The van der Waals surface area contributed by atoms with Gasteiger partial charge in [0.05, 0.1) is 32.3 Å². The van der Waals surface area contributed by atoms with E-state index in [4.69, 9.17) is 25.5 Å². The summed E-state index contributed by atoms with van der Waals surface area (Å²) in [5.41, 5.74) is 0. The number of nitrogens with one attached hydrogen (secondary N) is 1. The third-order valence-corrected chi connectivity index (χ3v) is 5.61. The van der Waals surface area contributed by atoms with Crippen molar-refractivity contribution in [3.63, 3.8) is 0 Å². The van der Waals surface area contributed by atoms with Crippen molar-refractivity contribution in [1.82, 2.24) is 9.99 Å². The second-order valence-electron chi connectivity index (χ2n) is 6.59. The number of aliphatic hydroxyl groups excluding tert-OH is 1. The molecule has 0 fully saturated rings. The molecule has 166 valence electrons. The Bertz CT molecular complexity index is 513. The lowest BCUT2D eigenvalue weighted by Crippen LogP contribution is -2.36. The zero-order chi connectivity index (χ0) is 22.1. The molecular weight excluding hydrogens is 397 g/mol. The van der Waals surface area contributed by atoms with Crippen molar-refractivity contribution in [3.05, 3.63) is 0 Å². The van der Waals surface area contributed by atoms with Gasteiger partial charge >= 0.3 is 6.09 Å². The molecule has 0 spiro atoms. The number of carbonyl (C=O) groups excluding carboxylic acids is 1. The number of rotatable bonds is 16. The van der Waals surface area contributed by atoms with Gasteiger partial charge in [0.25, 0.3) is 8.53 Å². The SMILES string of the molecule is C#CCOC(=O)NCCCOCC(CO)OP(OCCC#N)N(C(C)C)C(C)C. The Morgan fingerprint density at radius 3 is 2.52 bits per heavy atom. The van der Waals surface area contributed by atoms with Crippen molar-refractivity contribution in [2.45, 2.75) is 58.7 Å². The Hall–Kier alpha value is -1.45. The Labute approximate surface area is 175 Å². The van der Waals surface area contributed by atoms with Crippen molar-refractivity contribution >= 4 is 14.6 Å². The number of terminal acetylenes is 1. The van der Waals surface area contributed by atoms with Gasteiger partial charge in [-0.05, 0) is 34.1 Å². The summed E-state index contributed by atoms with van der Waals surface area (Å²) in [4.78, 5) is 11.2. The molecule has 0 radical (unpaired) electrons. The summed E-state index contributed by atoms with van der Waals surface area (Å²) in [6.45, 7) is 9.07. The maximum absolute atomic E-state index is 11.2. The van der Waals surface area contributed by atoms with Crippen LogP contribution in [0.4, 0.5) is 4.79 Å². The van der Waals surface area contributed by atoms with Gasteiger partial charge in [0.1, 0.15) is 6.10 Å². The van der Waals surface area contributed by atoms with Crippen LogP contribution in [0.3, 0.4) is 0 Å². The molecule has 10 heteroatoms. The molecule has 2 unspecified atom stereocenters. The second-order valence-corrected chi connectivity index (χ2v) is 8.00. The van der Waals surface area contributed by atoms with E-state index in [1.54, 1.807) is 0 Å². The number of ether oxygens (including phenoxy) is 2. The van der Waals surface area contributed by atoms with Crippen LogP contribution >= 0.6 is 8.53 Å². The predicted octanol–water partition coefficient (Wildman–Crippen LogP) is 2.41. The van der Waals surface area contributed by atoms with Crippen molar-refractivity contribution in [2.24, 2.45) is 0 Å². The first-order valence-corrected chi connectivity index (χ1v) is 10.8. The van der Waals surface area contributed by atoms with Crippen molar-refractivity contribution in [1.29, 1.82) is 5.26 Å². The first kappa shape index (κ1) is 27.5. The third-order valence-electron chi connectivity index (χ3n) is 3.43. The number of amides is 1. The summed E-state index contributed by atoms with van der Waals surface area (Å²) in [7, 11) is -1.45. The molecule has 0 aromatic carbocycles. The van der Waals surface area contributed by atoms with Crippen molar-refractivity contribution < 1.29 is 28.4 Å². The van der Waals surface area contributed by atoms with Crippen molar-refractivity contribution in [3.8, 4) is 18.4 Å². The standard InChI is InChI=1S/C19H34N3O6P/c1-6-11-26-19(24)21-10-8-12-25-15-18(14-23)28-29(27-13-7-9-20)22(16(2)3)17(4)5/h1,16-18,23H,7-8,10-15H2,2-5H3,(H,21,24). The van der Waals surface area contributed by atoms with Crippen LogP contribution in [-0.2, 0) is 18.5 Å².